The second kappa shape index (κ2) is 6.68. The molecule has 2 rings (SSSR count). The van der Waals surface area contributed by atoms with Gasteiger partial charge < -0.3 is 22.1 Å². The zero-order chi connectivity index (χ0) is 17.1. The zero-order valence-electron chi connectivity index (χ0n) is 13.2. The van der Waals surface area contributed by atoms with Crippen LogP contribution in [0.15, 0.2) is 24.3 Å². The number of urea groups is 1. The highest BCUT2D eigenvalue weighted by Crippen LogP contribution is 2.49. The molecule has 1 aliphatic rings. The number of hydrogen-bond donors (Lipinski definition) is 4. The highest BCUT2D eigenvalue weighted by molar-refractivity contribution is 6.05. The molecule has 124 valence electrons. The summed E-state index contributed by atoms with van der Waals surface area (Å²) in [7, 11) is 0. The molecule has 7 nitrogen and oxygen atoms in total. The Morgan fingerprint density at radius 3 is 2.39 bits per heavy atom. The molecule has 3 atom stereocenters. The van der Waals surface area contributed by atoms with Crippen molar-refractivity contribution >= 4 is 17.8 Å². The van der Waals surface area contributed by atoms with Crippen LogP contribution in [0.5, 0.6) is 0 Å². The van der Waals surface area contributed by atoms with E-state index in [4.69, 9.17) is 11.5 Å². The van der Waals surface area contributed by atoms with Crippen molar-refractivity contribution in [1.29, 1.82) is 0 Å². The van der Waals surface area contributed by atoms with Crippen LogP contribution in [0.25, 0.3) is 0 Å². The van der Waals surface area contributed by atoms with Gasteiger partial charge in [-0.1, -0.05) is 29.8 Å². The summed E-state index contributed by atoms with van der Waals surface area (Å²) in [5, 5.41) is 4.92. The van der Waals surface area contributed by atoms with Crippen molar-refractivity contribution in [2.75, 3.05) is 0 Å². The van der Waals surface area contributed by atoms with E-state index in [1.54, 1.807) is 0 Å². The van der Waals surface area contributed by atoms with Gasteiger partial charge in [-0.2, -0.15) is 0 Å². The fraction of sp³-hybridized carbons (Fsp3) is 0.438. The molecular formula is C16H22N4O3. The molecule has 6 N–H and O–H groups in total. The molecule has 0 aliphatic heterocycles. The number of rotatable bonds is 6. The fourth-order valence-electron chi connectivity index (χ4n) is 2.82. The summed E-state index contributed by atoms with van der Waals surface area (Å²) < 4.78 is 0. The summed E-state index contributed by atoms with van der Waals surface area (Å²) in [6.07, 6.45) is 0.986. The van der Waals surface area contributed by atoms with Crippen LogP contribution in [0.2, 0.25) is 0 Å². The zero-order valence-corrected chi connectivity index (χ0v) is 13.2. The van der Waals surface area contributed by atoms with Crippen molar-refractivity contribution in [3.05, 3.63) is 35.4 Å². The molecule has 0 spiro atoms. The van der Waals surface area contributed by atoms with Crippen LogP contribution in [-0.2, 0) is 9.59 Å². The predicted octanol–water partition coefficient (Wildman–Crippen LogP) is 0.125. The third-order valence-electron chi connectivity index (χ3n) is 4.16. The first-order chi connectivity index (χ1) is 10.8. The van der Waals surface area contributed by atoms with Crippen LogP contribution < -0.4 is 22.1 Å². The van der Waals surface area contributed by atoms with Gasteiger partial charge in [0.05, 0.1) is 0 Å². The quantitative estimate of drug-likeness (QED) is 0.556. The summed E-state index contributed by atoms with van der Waals surface area (Å²) in [5.74, 6) is -1.23. The standard InChI is InChI=1S/C16H22N4O3/c1-8-4-3-5-10(6-8)12-7-11(12)9(2)19-16(23)20-13(14(17)21)15(18)22/h3-6,9,11-13H,7H2,1-2H3,(H2,17,21)(H2,18,22)(H2,19,20,23)/t9-,11-,12+/m1/s1. The maximum Gasteiger partial charge on any atom is 0.316 e. The number of hydrogen-bond acceptors (Lipinski definition) is 3. The topological polar surface area (TPSA) is 127 Å². The lowest BCUT2D eigenvalue weighted by Gasteiger charge is -2.17. The molecule has 7 heteroatoms. The SMILES string of the molecule is Cc1cccc([C@@H]2C[C@@H]2[C@@H](C)NC(=O)NC(C(N)=O)C(N)=O)c1. The monoisotopic (exact) mass is 318 g/mol. The lowest BCUT2D eigenvalue weighted by Crippen LogP contribution is -2.56. The Labute approximate surface area is 134 Å². The van der Waals surface area contributed by atoms with Gasteiger partial charge in [0.1, 0.15) is 0 Å². The molecule has 1 aromatic carbocycles. The Kier molecular flexibility index (Phi) is 4.88. The number of benzene rings is 1. The van der Waals surface area contributed by atoms with E-state index in [2.05, 4.69) is 22.8 Å². The van der Waals surface area contributed by atoms with Crippen molar-refractivity contribution < 1.29 is 14.4 Å². The van der Waals surface area contributed by atoms with E-state index in [1.165, 1.54) is 11.1 Å². The Morgan fingerprint density at radius 1 is 1.17 bits per heavy atom. The average molecular weight is 318 g/mol. The number of amides is 4. The van der Waals surface area contributed by atoms with Crippen LogP contribution >= 0.6 is 0 Å². The van der Waals surface area contributed by atoms with E-state index in [0.717, 1.165) is 6.42 Å². The molecule has 0 aromatic heterocycles. The first-order valence-electron chi connectivity index (χ1n) is 7.51. The fourth-order valence-corrected chi connectivity index (χ4v) is 2.82. The van der Waals surface area contributed by atoms with Crippen molar-refractivity contribution in [3.63, 3.8) is 0 Å². The van der Waals surface area contributed by atoms with Crippen LogP contribution in [0.1, 0.15) is 30.4 Å². The van der Waals surface area contributed by atoms with Crippen molar-refractivity contribution in [3.8, 4) is 0 Å². The Balaban J connectivity index is 1.88. The predicted molar refractivity (Wildman–Crippen MR) is 85.3 cm³/mol. The van der Waals surface area contributed by atoms with Crippen molar-refractivity contribution in [2.45, 2.75) is 38.3 Å². The Bertz CT molecular complexity index is 618. The van der Waals surface area contributed by atoms with Crippen molar-refractivity contribution in [1.82, 2.24) is 10.6 Å². The number of primary amides is 2. The number of carbonyl (C=O) groups is 3. The van der Waals surface area contributed by atoms with Gasteiger partial charge in [0.2, 0.25) is 11.8 Å². The molecule has 0 bridgehead atoms. The molecule has 4 amide bonds. The highest BCUT2D eigenvalue weighted by Gasteiger charge is 2.42. The first-order valence-corrected chi connectivity index (χ1v) is 7.51. The summed E-state index contributed by atoms with van der Waals surface area (Å²) in [6, 6.07) is 6.07. The van der Waals surface area contributed by atoms with E-state index in [1.807, 2.05) is 26.0 Å². The molecular weight excluding hydrogens is 296 g/mol. The van der Waals surface area contributed by atoms with Gasteiger partial charge >= 0.3 is 6.03 Å². The molecule has 1 fully saturated rings. The minimum absolute atomic E-state index is 0.0954. The lowest BCUT2D eigenvalue weighted by atomic mass is 10.0. The second-order valence-electron chi connectivity index (χ2n) is 6.06. The molecule has 23 heavy (non-hydrogen) atoms. The van der Waals surface area contributed by atoms with Gasteiger partial charge in [-0.05, 0) is 37.7 Å². The number of aryl methyl sites for hydroxylation is 1. The van der Waals surface area contributed by atoms with Crippen LogP contribution in [0, 0.1) is 12.8 Å². The molecule has 0 heterocycles. The van der Waals surface area contributed by atoms with Crippen LogP contribution in [0.4, 0.5) is 4.79 Å². The van der Waals surface area contributed by atoms with Gasteiger partial charge in [0, 0.05) is 6.04 Å². The smallest absolute Gasteiger partial charge is 0.316 e. The van der Waals surface area contributed by atoms with Gasteiger partial charge in [-0.15, -0.1) is 0 Å². The van der Waals surface area contributed by atoms with E-state index in [-0.39, 0.29) is 6.04 Å². The minimum Gasteiger partial charge on any atom is -0.367 e. The molecule has 1 aliphatic carbocycles. The van der Waals surface area contributed by atoms with Gasteiger partial charge in [0.25, 0.3) is 0 Å². The Morgan fingerprint density at radius 2 is 1.83 bits per heavy atom. The molecule has 0 radical (unpaired) electrons. The highest BCUT2D eigenvalue weighted by atomic mass is 16.2. The molecule has 1 saturated carbocycles. The van der Waals surface area contributed by atoms with Gasteiger partial charge in [0.15, 0.2) is 6.04 Å². The van der Waals surface area contributed by atoms with Crippen molar-refractivity contribution in [2.24, 2.45) is 17.4 Å². The molecule has 0 saturated heterocycles. The summed E-state index contributed by atoms with van der Waals surface area (Å²) in [6.45, 7) is 3.94. The Hall–Kier alpha value is -2.57. The summed E-state index contributed by atoms with van der Waals surface area (Å²) in [5.41, 5.74) is 12.5. The minimum atomic E-state index is -1.51. The third-order valence-corrected chi connectivity index (χ3v) is 4.16. The second-order valence-corrected chi connectivity index (χ2v) is 6.06. The number of carbonyl (C=O) groups excluding carboxylic acids is 3. The van der Waals surface area contributed by atoms with Crippen LogP contribution in [0.3, 0.4) is 0 Å². The average Bonchev–Trinajstić information content (AvgIpc) is 3.24. The lowest BCUT2D eigenvalue weighted by molar-refractivity contribution is -0.128. The van der Waals surface area contributed by atoms with E-state index < -0.39 is 23.9 Å². The largest absolute Gasteiger partial charge is 0.367 e. The first kappa shape index (κ1) is 16.8. The number of nitrogens with two attached hydrogens (primary N) is 2. The van der Waals surface area contributed by atoms with Gasteiger partial charge in [-0.25, -0.2) is 4.79 Å². The molecule has 0 unspecified atom stereocenters. The number of nitrogens with one attached hydrogen (secondary N) is 2. The maximum atomic E-state index is 11.9. The van der Waals surface area contributed by atoms with Crippen LogP contribution in [-0.4, -0.2) is 29.9 Å². The molecule has 1 aromatic rings. The van der Waals surface area contributed by atoms with E-state index >= 15 is 0 Å². The summed E-state index contributed by atoms with van der Waals surface area (Å²) in [4.78, 5) is 34.0. The third kappa shape index (κ3) is 4.21. The van der Waals surface area contributed by atoms with Gasteiger partial charge in [-0.3, -0.25) is 9.59 Å². The summed E-state index contributed by atoms with van der Waals surface area (Å²) >= 11 is 0. The normalized spacial score (nSPS) is 20.7. The van der Waals surface area contributed by atoms with E-state index in [0.29, 0.717) is 11.8 Å². The van der Waals surface area contributed by atoms with E-state index in [9.17, 15) is 14.4 Å². The maximum absolute atomic E-state index is 11.9.